The molecule has 0 aliphatic heterocycles. The molecule has 0 fully saturated rings. The number of carbonyl (C=O) groups is 1. The van der Waals surface area contributed by atoms with Crippen LogP contribution in [0.15, 0.2) is 34.7 Å². The maximum atomic E-state index is 13.8. The number of carbonyl (C=O) groups excluding carboxylic acids is 1. The second kappa shape index (κ2) is 7.92. The minimum absolute atomic E-state index is 0.0338. The highest BCUT2D eigenvalue weighted by Crippen LogP contribution is 2.34. The van der Waals surface area contributed by atoms with E-state index in [1.807, 2.05) is 0 Å². The van der Waals surface area contributed by atoms with Crippen molar-refractivity contribution in [1.82, 2.24) is 0 Å². The van der Waals surface area contributed by atoms with Gasteiger partial charge in [-0.15, -0.1) is 0 Å². The van der Waals surface area contributed by atoms with E-state index in [0.29, 0.717) is 17.1 Å². The maximum Gasteiger partial charge on any atom is 0.261 e. The van der Waals surface area contributed by atoms with Crippen LogP contribution >= 0.6 is 0 Å². The van der Waals surface area contributed by atoms with Gasteiger partial charge in [-0.25, -0.2) is 22.0 Å². The van der Waals surface area contributed by atoms with Crippen LogP contribution in [0.1, 0.15) is 16.1 Å². The highest BCUT2D eigenvalue weighted by atomic mass is 19.2. The third kappa shape index (κ3) is 3.66. The van der Waals surface area contributed by atoms with E-state index in [1.165, 1.54) is 31.4 Å². The summed E-state index contributed by atoms with van der Waals surface area (Å²) in [5, 5.41) is 11.1. The number of benzene rings is 2. The number of anilines is 1. The summed E-state index contributed by atoms with van der Waals surface area (Å²) in [6, 6.07) is 7.11. The van der Waals surface area contributed by atoms with Gasteiger partial charge in [-0.2, -0.15) is 0 Å². The molecule has 0 aliphatic rings. The Morgan fingerprint density at radius 3 is 2.17 bits per heavy atom. The fourth-order valence-corrected chi connectivity index (χ4v) is 2.58. The standard InChI is InChI=1S/C19H12F5NO4/c1-28-12-6-8(2-4-10(12)11-5-3-9(7-26)29-11)25-19(27)13-14(20)16(22)18(24)17(23)15(13)21/h2-6,26H,7H2,1H3,(H,25,27). The van der Waals surface area contributed by atoms with Crippen molar-refractivity contribution in [2.45, 2.75) is 6.61 Å². The number of hydrogen-bond donors (Lipinski definition) is 2. The third-order valence-corrected chi connectivity index (χ3v) is 3.98. The van der Waals surface area contributed by atoms with E-state index < -0.39 is 40.6 Å². The summed E-state index contributed by atoms with van der Waals surface area (Å²) in [6.07, 6.45) is 0. The molecule has 2 N–H and O–H groups in total. The van der Waals surface area contributed by atoms with Crippen molar-refractivity contribution in [3.8, 4) is 17.1 Å². The summed E-state index contributed by atoms with van der Waals surface area (Å²) in [7, 11) is 1.31. The zero-order valence-electron chi connectivity index (χ0n) is 14.7. The molecule has 0 atom stereocenters. The van der Waals surface area contributed by atoms with E-state index in [0.717, 1.165) is 0 Å². The number of hydrogen-bond acceptors (Lipinski definition) is 4. The van der Waals surface area contributed by atoms with Crippen LogP contribution in [0.4, 0.5) is 27.6 Å². The number of aliphatic hydroxyl groups excluding tert-OH is 1. The van der Waals surface area contributed by atoms with Gasteiger partial charge < -0.3 is 19.6 Å². The van der Waals surface area contributed by atoms with Gasteiger partial charge in [0.05, 0.1) is 12.7 Å². The average Bonchev–Trinajstić information content (AvgIpc) is 3.20. The van der Waals surface area contributed by atoms with Gasteiger partial charge in [-0.3, -0.25) is 4.79 Å². The summed E-state index contributed by atoms with van der Waals surface area (Å²) in [5.41, 5.74) is -1.21. The first-order valence-corrected chi connectivity index (χ1v) is 7.99. The number of amides is 1. The van der Waals surface area contributed by atoms with Crippen LogP contribution in [-0.4, -0.2) is 18.1 Å². The highest BCUT2D eigenvalue weighted by molar-refractivity contribution is 6.05. The Morgan fingerprint density at radius 2 is 1.62 bits per heavy atom. The molecule has 1 aromatic heterocycles. The normalized spacial score (nSPS) is 10.9. The van der Waals surface area contributed by atoms with Crippen molar-refractivity contribution in [3.63, 3.8) is 0 Å². The minimum atomic E-state index is -2.36. The van der Waals surface area contributed by atoms with Gasteiger partial charge in [0, 0.05) is 11.8 Å². The van der Waals surface area contributed by atoms with E-state index in [2.05, 4.69) is 5.32 Å². The molecule has 0 unspecified atom stereocenters. The van der Waals surface area contributed by atoms with Gasteiger partial charge in [0.1, 0.15) is 29.4 Å². The number of aliphatic hydroxyl groups is 1. The van der Waals surface area contributed by atoms with E-state index in [-0.39, 0.29) is 18.0 Å². The fourth-order valence-electron chi connectivity index (χ4n) is 2.58. The second-order valence-corrected chi connectivity index (χ2v) is 5.74. The molecule has 0 aliphatic carbocycles. The topological polar surface area (TPSA) is 71.7 Å². The van der Waals surface area contributed by atoms with Crippen LogP contribution in [0.2, 0.25) is 0 Å². The lowest BCUT2D eigenvalue weighted by atomic mass is 10.1. The average molecular weight is 413 g/mol. The van der Waals surface area contributed by atoms with Gasteiger partial charge in [-0.1, -0.05) is 0 Å². The molecule has 0 radical (unpaired) electrons. The molecule has 3 rings (SSSR count). The lowest BCUT2D eigenvalue weighted by Gasteiger charge is -2.12. The Bertz CT molecular complexity index is 1070. The van der Waals surface area contributed by atoms with Crippen LogP contribution < -0.4 is 10.1 Å². The zero-order valence-corrected chi connectivity index (χ0v) is 14.7. The molecule has 29 heavy (non-hydrogen) atoms. The molecular weight excluding hydrogens is 401 g/mol. The van der Waals surface area contributed by atoms with Crippen molar-refractivity contribution < 1.29 is 41.0 Å². The van der Waals surface area contributed by atoms with Crippen LogP contribution in [-0.2, 0) is 6.61 Å². The number of halogens is 5. The Hall–Kier alpha value is -3.40. The molecule has 10 heteroatoms. The SMILES string of the molecule is COc1cc(NC(=O)c2c(F)c(F)c(F)c(F)c2F)ccc1-c1ccc(CO)o1. The quantitative estimate of drug-likeness (QED) is 0.370. The van der Waals surface area contributed by atoms with Crippen LogP contribution in [0.3, 0.4) is 0 Å². The molecule has 1 heterocycles. The largest absolute Gasteiger partial charge is 0.496 e. The molecule has 5 nitrogen and oxygen atoms in total. The van der Waals surface area contributed by atoms with Gasteiger partial charge in [0.25, 0.3) is 5.91 Å². The van der Waals surface area contributed by atoms with E-state index in [4.69, 9.17) is 14.3 Å². The minimum Gasteiger partial charge on any atom is -0.496 e. The molecule has 152 valence electrons. The van der Waals surface area contributed by atoms with E-state index in [9.17, 15) is 26.7 Å². The summed E-state index contributed by atoms with van der Waals surface area (Å²) in [5.74, 6) is -12.0. The van der Waals surface area contributed by atoms with Gasteiger partial charge in [-0.05, 0) is 24.3 Å². The Morgan fingerprint density at radius 1 is 1.00 bits per heavy atom. The summed E-state index contributed by atoms with van der Waals surface area (Å²) in [4.78, 5) is 12.1. The number of methoxy groups -OCH3 is 1. The monoisotopic (exact) mass is 413 g/mol. The van der Waals surface area contributed by atoms with Crippen molar-refractivity contribution in [2.75, 3.05) is 12.4 Å². The molecule has 0 saturated heterocycles. The third-order valence-electron chi connectivity index (χ3n) is 3.98. The van der Waals surface area contributed by atoms with Gasteiger partial charge >= 0.3 is 0 Å². The van der Waals surface area contributed by atoms with Crippen molar-refractivity contribution in [1.29, 1.82) is 0 Å². The molecule has 0 spiro atoms. The number of rotatable bonds is 5. The van der Waals surface area contributed by atoms with Crippen LogP contribution in [0.5, 0.6) is 5.75 Å². The lowest BCUT2D eigenvalue weighted by molar-refractivity contribution is 0.101. The predicted octanol–water partition coefficient (Wildman–Crippen LogP) is 4.40. The summed E-state index contributed by atoms with van der Waals surface area (Å²) >= 11 is 0. The summed E-state index contributed by atoms with van der Waals surface area (Å²) in [6.45, 7) is -0.321. The van der Waals surface area contributed by atoms with Crippen molar-refractivity contribution in [2.24, 2.45) is 0 Å². The molecule has 0 bridgehead atoms. The van der Waals surface area contributed by atoms with Crippen molar-refractivity contribution >= 4 is 11.6 Å². The Balaban J connectivity index is 1.94. The second-order valence-electron chi connectivity index (χ2n) is 5.74. The van der Waals surface area contributed by atoms with Crippen LogP contribution in [0, 0.1) is 29.1 Å². The highest BCUT2D eigenvalue weighted by Gasteiger charge is 2.29. The van der Waals surface area contributed by atoms with Crippen molar-refractivity contribution in [3.05, 3.63) is 70.7 Å². The first-order valence-electron chi connectivity index (χ1n) is 7.99. The predicted molar refractivity (Wildman–Crippen MR) is 90.8 cm³/mol. The maximum absolute atomic E-state index is 13.8. The molecule has 2 aromatic carbocycles. The van der Waals surface area contributed by atoms with Gasteiger partial charge in [0.15, 0.2) is 23.3 Å². The van der Waals surface area contributed by atoms with E-state index >= 15 is 0 Å². The first kappa shape index (κ1) is 20.3. The van der Waals surface area contributed by atoms with Crippen LogP contribution in [0.25, 0.3) is 11.3 Å². The number of ether oxygens (including phenoxy) is 1. The molecular formula is C19H12F5NO4. The Kier molecular flexibility index (Phi) is 5.55. The summed E-state index contributed by atoms with van der Waals surface area (Å²) < 4.78 is 77.9. The molecule has 1 amide bonds. The van der Waals surface area contributed by atoms with E-state index in [1.54, 1.807) is 6.07 Å². The Labute approximate surface area is 160 Å². The number of nitrogens with one attached hydrogen (secondary N) is 1. The lowest BCUT2D eigenvalue weighted by Crippen LogP contribution is -2.19. The fraction of sp³-hybridized carbons (Fsp3) is 0.105. The molecule has 0 saturated carbocycles. The van der Waals surface area contributed by atoms with Gasteiger partial charge in [0.2, 0.25) is 5.82 Å². The number of furan rings is 1. The molecule has 3 aromatic rings. The zero-order chi connectivity index (χ0) is 21.3. The smallest absolute Gasteiger partial charge is 0.261 e. The first-order chi connectivity index (χ1) is 13.8.